The first-order valence-electron chi connectivity index (χ1n) is 8.50. The van der Waals surface area contributed by atoms with Gasteiger partial charge in [0.05, 0.1) is 17.4 Å². The summed E-state index contributed by atoms with van der Waals surface area (Å²) >= 11 is 0. The van der Waals surface area contributed by atoms with Gasteiger partial charge in [-0.2, -0.15) is 4.98 Å². The summed E-state index contributed by atoms with van der Waals surface area (Å²) in [4.78, 5) is 19.4. The highest BCUT2D eigenvalue weighted by Gasteiger charge is 2.15. The number of anilines is 4. The number of rotatable bonds is 5. The number of primary sulfonamides is 1. The van der Waals surface area contributed by atoms with Crippen LogP contribution in [0.25, 0.3) is 11.1 Å². The maximum absolute atomic E-state index is 14.3. The maximum atomic E-state index is 14.3. The Labute approximate surface area is 169 Å². The summed E-state index contributed by atoms with van der Waals surface area (Å²) in [6.45, 7) is 0. The molecule has 2 aromatic carbocycles. The van der Waals surface area contributed by atoms with E-state index in [1.54, 1.807) is 31.3 Å². The van der Waals surface area contributed by atoms with Crippen molar-refractivity contribution in [2.45, 2.75) is 4.90 Å². The molecule has 0 aliphatic carbocycles. The van der Waals surface area contributed by atoms with Crippen molar-refractivity contribution in [3.05, 3.63) is 65.0 Å². The van der Waals surface area contributed by atoms with E-state index in [0.717, 1.165) is 6.20 Å². The minimum atomic E-state index is -3.99. The van der Waals surface area contributed by atoms with Gasteiger partial charge in [0.2, 0.25) is 16.0 Å². The molecule has 0 bridgehead atoms. The lowest BCUT2D eigenvalue weighted by molar-refractivity contribution is 0.528. The Morgan fingerprint density at radius 1 is 1.17 bits per heavy atom. The molecule has 0 atom stereocenters. The highest BCUT2D eigenvalue weighted by molar-refractivity contribution is 7.89. The number of para-hydroxylation sites is 1. The minimum Gasteiger partial charge on any atom is -0.408 e. The van der Waals surface area contributed by atoms with Gasteiger partial charge in [-0.05, 0) is 30.3 Å². The van der Waals surface area contributed by atoms with E-state index >= 15 is 0 Å². The number of fused-ring (bicyclic) bond motifs is 1. The van der Waals surface area contributed by atoms with Gasteiger partial charge < -0.3 is 15.1 Å². The molecule has 0 radical (unpaired) electrons. The standard InChI is InChI=1S/C18H15FN6O4S/c1-25-13-8-10(6-7-14(13)29-18(25)26)22-16-11(19)9-21-17(24-16)23-12-4-2-3-5-15(12)30(20,27)28/h2-9H,1H3,(H2,20,27,28)(H2,21,22,23,24). The number of nitrogens with two attached hydrogens (primary N) is 1. The summed E-state index contributed by atoms with van der Waals surface area (Å²) in [7, 11) is -2.44. The lowest BCUT2D eigenvalue weighted by Crippen LogP contribution is -2.14. The monoisotopic (exact) mass is 430 g/mol. The molecule has 4 aromatic rings. The van der Waals surface area contributed by atoms with Crippen molar-refractivity contribution in [1.29, 1.82) is 0 Å². The van der Waals surface area contributed by atoms with E-state index in [1.165, 1.54) is 22.8 Å². The van der Waals surface area contributed by atoms with Crippen LogP contribution >= 0.6 is 0 Å². The molecule has 4 N–H and O–H groups in total. The molecular formula is C18H15FN6O4S. The van der Waals surface area contributed by atoms with Crippen LogP contribution in [-0.4, -0.2) is 23.0 Å². The molecule has 2 heterocycles. The molecule has 12 heteroatoms. The van der Waals surface area contributed by atoms with Crippen LogP contribution in [0.1, 0.15) is 0 Å². The topological polar surface area (TPSA) is 145 Å². The first-order valence-corrected chi connectivity index (χ1v) is 10.0. The molecule has 2 aromatic heterocycles. The predicted molar refractivity (Wildman–Crippen MR) is 108 cm³/mol. The van der Waals surface area contributed by atoms with Gasteiger partial charge in [0, 0.05) is 12.7 Å². The number of oxazole rings is 1. The average molecular weight is 430 g/mol. The number of nitrogens with zero attached hydrogens (tertiary/aromatic N) is 3. The van der Waals surface area contributed by atoms with Crippen LogP contribution in [-0.2, 0) is 17.1 Å². The fourth-order valence-corrected chi connectivity index (χ4v) is 3.49. The number of hydrogen-bond acceptors (Lipinski definition) is 8. The molecule has 0 saturated heterocycles. The summed E-state index contributed by atoms with van der Waals surface area (Å²) < 4.78 is 44.1. The number of halogens is 1. The van der Waals surface area contributed by atoms with Gasteiger partial charge in [-0.15, -0.1) is 0 Å². The quantitative estimate of drug-likeness (QED) is 0.437. The lowest BCUT2D eigenvalue weighted by Gasteiger charge is -2.11. The van der Waals surface area contributed by atoms with Crippen molar-refractivity contribution in [3.63, 3.8) is 0 Å². The molecular weight excluding hydrogens is 415 g/mol. The Morgan fingerprint density at radius 3 is 2.70 bits per heavy atom. The molecule has 10 nitrogen and oxygen atoms in total. The van der Waals surface area contributed by atoms with E-state index in [-0.39, 0.29) is 22.3 Å². The molecule has 0 amide bonds. The molecule has 0 aliphatic rings. The average Bonchev–Trinajstić information content (AvgIpc) is 2.98. The van der Waals surface area contributed by atoms with Crippen LogP contribution < -0.4 is 21.5 Å². The number of aromatic nitrogens is 3. The van der Waals surface area contributed by atoms with E-state index in [0.29, 0.717) is 16.8 Å². The lowest BCUT2D eigenvalue weighted by atomic mass is 10.3. The van der Waals surface area contributed by atoms with Crippen molar-refractivity contribution in [2.24, 2.45) is 12.2 Å². The van der Waals surface area contributed by atoms with E-state index in [2.05, 4.69) is 20.6 Å². The molecule has 154 valence electrons. The van der Waals surface area contributed by atoms with Gasteiger partial charge >= 0.3 is 5.76 Å². The number of nitrogens with one attached hydrogen (secondary N) is 2. The van der Waals surface area contributed by atoms with Crippen molar-refractivity contribution >= 4 is 44.3 Å². The van der Waals surface area contributed by atoms with Crippen LogP contribution in [0.5, 0.6) is 0 Å². The molecule has 0 unspecified atom stereocenters. The van der Waals surface area contributed by atoms with Crippen LogP contribution in [0.15, 0.2) is 62.8 Å². The molecule has 0 saturated carbocycles. The molecule has 0 fully saturated rings. The molecule has 4 rings (SSSR count). The maximum Gasteiger partial charge on any atom is 0.419 e. The second kappa shape index (κ2) is 7.24. The summed E-state index contributed by atoms with van der Waals surface area (Å²) in [5, 5.41) is 10.7. The smallest absolute Gasteiger partial charge is 0.408 e. The Morgan fingerprint density at radius 2 is 1.93 bits per heavy atom. The van der Waals surface area contributed by atoms with E-state index < -0.39 is 21.6 Å². The van der Waals surface area contributed by atoms with Gasteiger partial charge in [0.25, 0.3) is 0 Å². The molecule has 30 heavy (non-hydrogen) atoms. The van der Waals surface area contributed by atoms with E-state index in [9.17, 15) is 17.6 Å². The van der Waals surface area contributed by atoms with Crippen LogP contribution in [0.4, 0.5) is 27.5 Å². The van der Waals surface area contributed by atoms with Crippen LogP contribution in [0.3, 0.4) is 0 Å². The highest BCUT2D eigenvalue weighted by Crippen LogP contribution is 2.25. The van der Waals surface area contributed by atoms with Gasteiger partial charge in [-0.25, -0.2) is 27.7 Å². The van der Waals surface area contributed by atoms with Gasteiger partial charge in [0.15, 0.2) is 17.2 Å². The zero-order valence-electron chi connectivity index (χ0n) is 15.5. The summed E-state index contributed by atoms with van der Waals surface area (Å²) in [5.74, 6) is -1.46. The van der Waals surface area contributed by atoms with Crippen molar-refractivity contribution in [3.8, 4) is 0 Å². The zero-order chi connectivity index (χ0) is 21.5. The second-order valence-corrected chi connectivity index (χ2v) is 7.82. The minimum absolute atomic E-state index is 0.0493. The number of aryl methyl sites for hydroxylation is 1. The normalized spacial score (nSPS) is 11.6. The predicted octanol–water partition coefficient (Wildman–Crippen LogP) is 2.20. The Balaban J connectivity index is 1.67. The largest absolute Gasteiger partial charge is 0.419 e. The third-order valence-electron chi connectivity index (χ3n) is 4.24. The van der Waals surface area contributed by atoms with Crippen LogP contribution in [0, 0.1) is 5.82 Å². The molecule has 0 spiro atoms. The fourth-order valence-electron chi connectivity index (χ4n) is 2.79. The van der Waals surface area contributed by atoms with Gasteiger partial charge in [-0.3, -0.25) is 4.57 Å². The van der Waals surface area contributed by atoms with Crippen molar-refractivity contribution < 1.29 is 17.2 Å². The number of hydrogen-bond donors (Lipinski definition) is 3. The number of benzene rings is 2. The fraction of sp³-hybridized carbons (Fsp3) is 0.0556. The van der Waals surface area contributed by atoms with Gasteiger partial charge in [-0.1, -0.05) is 12.1 Å². The molecule has 0 aliphatic heterocycles. The zero-order valence-corrected chi connectivity index (χ0v) is 16.3. The third-order valence-corrected chi connectivity index (χ3v) is 5.21. The third kappa shape index (κ3) is 3.73. The SMILES string of the molecule is Cn1c(=O)oc2ccc(Nc3nc(Nc4ccccc4S(N)(=O)=O)ncc3F)cc21. The van der Waals surface area contributed by atoms with E-state index in [4.69, 9.17) is 9.56 Å². The first kappa shape index (κ1) is 19.5. The summed E-state index contributed by atoms with van der Waals surface area (Å²) in [5.41, 5.74) is 1.50. The number of sulfonamides is 1. The van der Waals surface area contributed by atoms with Gasteiger partial charge in [0.1, 0.15) is 4.90 Å². The van der Waals surface area contributed by atoms with Crippen LogP contribution in [0.2, 0.25) is 0 Å². The summed E-state index contributed by atoms with van der Waals surface area (Å²) in [6, 6.07) is 10.7. The highest BCUT2D eigenvalue weighted by atomic mass is 32.2. The van der Waals surface area contributed by atoms with Crippen molar-refractivity contribution in [2.75, 3.05) is 10.6 Å². The Hall–Kier alpha value is -3.77. The van der Waals surface area contributed by atoms with Crippen molar-refractivity contribution in [1.82, 2.24) is 14.5 Å². The van der Waals surface area contributed by atoms with E-state index in [1.807, 2.05) is 0 Å². The first-order chi connectivity index (χ1) is 14.2. The summed E-state index contributed by atoms with van der Waals surface area (Å²) in [6.07, 6.45) is 0.934. The Kier molecular flexibility index (Phi) is 4.72. The second-order valence-electron chi connectivity index (χ2n) is 6.29. The Bertz CT molecular complexity index is 1430.